The Hall–Kier alpha value is -1.52. The molecular weight excluding hydrogens is 196 g/mol. The van der Waals surface area contributed by atoms with Crippen LogP contribution in [-0.2, 0) is 0 Å². The van der Waals surface area contributed by atoms with Gasteiger partial charge < -0.3 is 9.94 Å². The second-order valence-electron chi connectivity index (χ2n) is 3.41. The third-order valence-electron chi connectivity index (χ3n) is 2.18. The number of rotatable bonds is 5. The Labute approximate surface area is 88.6 Å². The quantitative estimate of drug-likeness (QED) is 0.750. The fourth-order valence-electron chi connectivity index (χ4n) is 1.35. The van der Waals surface area contributed by atoms with Crippen LogP contribution in [0.2, 0.25) is 0 Å². The van der Waals surface area contributed by atoms with Crippen molar-refractivity contribution >= 4 is 5.97 Å². The van der Waals surface area contributed by atoms with Crippen molar-refractivity contribution < 1.29 is 14.7 Å². The van der Waals surface area contributed by atoms with Crippen molar-refractivity contribution in [2.45, 2.75) is 33.6 Å². The Balaban J connectivity index is 2.82. The van der Waals surface area contributed by atoms with Gasteiger partial charge in [0.15, 0.2) is 0 Å². The number of carboxylic acids is 1. The molecule has 1 heterocycles. The third kappa shape index (κ3) is 2.49. The first kappa shape index (κ1) is 11.6. The van der Waals surface area contributed by atoms with Crippen LogP contribution in [0.4, 0.5) is 0 Å². The van der Waals surface area contributed by atoms with Crippen molar-refractivity contribution in [3.63, 3.8) is 0 Å². The largest absolute Gasteiger partial charge is 0.478 e. The lowest BCUT2D eigenvalue weighted by Crippen LogP contribution is -2.16. The maximum absolute atomic E-state index is 10.9. The van der Waals surface area contributed by atoms with E-state index < -0.39 is 5.97 Å². The van der Waals surface area contributed by atoms with Gasteiger partial charge in [0.25, 0.3) is 0 Å². The van der Waals surface area contributed by atoms with Crippen LogP contribution in [0, 0.1) is 13.8 Å². The normalized spacial score (nSPS) is 10.3. The number of aryl methyl sites for hydroxylation is 1. The second-order valence-corrected chi connectivity index (χ2v) is 3.41. The predicted octanol–water partition coefficient (Wildman–Crippen LogP) is 1.43. The maximum atomic E-state index is 10.9. The molecule has 5 heteroatoms. The standard InChI is InChI=1S/C10H16N2O3/c1-4-5-6-15-12-8(3)9(10(13)14)7(2)11-12/h4-6H2,1-3H3,(H,13,14). The summed E-state index contributed by atoms with van der Waals surface area (Å²) in [4.78, 5) is 17.5. The fourth-order valence-corrected chi connectivity index (χ4v) is 1.35. The van der Waals surface area contributed by atoms with E-state index in [-0.39, 0.29) is 5.56 Å². The lowest BCUT2D eigenvalue weighted by molar-refractivity contribution is 0.0672. The van der Waals surface area contributed by atoms with E-state index in [9.17, 15) is 4.79 Å². The van der Waals surface area contributed by atoms with Crippen LogP contribution in [0.3, 0.4) is 0 Å². The Bertz CT molecular complexity index is 358. The molecule has 0 saturated carbocycles. The van der Waals surface area contributed by atoms with E-state index in [1.54, 1.807) is 13.8 Å². The number of aromatic carboxylic acids is 1. The highest BCUT2D eigenvalue weighted by Gasteiger charge is 2.18. The highest BCUT2D eigenvalue weighted by atomic mass is 16.7. The molecule has 1 aromatic rings. The molecule has 0 aliphatic carbocycles. The summed E-state index contributed by atoms with van der Waals surface area (Å²) in [5.74, 6) is -0.963. The molecule has 5 nitrogen and oxygen atoms in total. The van der Waals surface area contributed by atoms with Crippen LogP contribution in [0.15, 0.2) is 0 Å². The molecule has 1 rings (SSSR count). The molecule has 0 atom stereocenters. The molecule has 0 unspecified atom stereocenters. The van der Waals surface area contributed by atoms with E-state index in [0.29, 0.717) is 18.0 Å². The van der Waals surface area contributed by atoms with Gasteiger partial charge in [-0.2, -0.15) is 0 Å². The zero-order valence-corrected chi connectivity index (χ0v) is 9.28. The zero-order chi connectivity index (χ0) is 11.4. The molecule has 0 radical (unpaired) electrons. The van der Waals surface area contributed by atoms with Crippen LogP contribution in [-0.4, -0.2) is 27.6 Å². The number of hydrogen-bond acceptors (Lipinski definition) is 3. The first-order valence-electron chi connectivity index (χ1n) is 5.00. The zero-order valence-electron chi connectivity index (χ0n) is 9.28. The molecular formula is C10H16N2O3. The van der Waals surface area contributed by atoms with E-state index in [1.807, 2.05) is 0 Å². The molecule has 0 aliphatic rings. The Morgan fingerprint density at radius 3 is 2.67 bits per heavy atom. The highest BCUT2D eigenvalue weighted by molar-refractivity contribution is 5.90. The van der Waals surface area contributed by atoms with Gasteiger partial charge in [-0.3, -0.25) is 0 Å². The topological polar surface area (TPSA) is 64.4 Å². The van der Waals surface area contributed by atoms with E-state index in [0.717, 1.165) is 12.8 Å². The van der Waals surface area contributed by atoms with E-state index in [4.69, 9.17) is 9.94 Å². The monoisotopic (exact) mass is 212 g/mol. The first-order chi connectivity index (χ1) is 7.07. The molecule has 84 valence electrons. The lowest BCUT2D eigenvalue weighted by Gasteiger charge is -2.05. The molecule has 0 spiro atoms. The molecule has 0 aromatic carbocycles. The van der Waals surface area contributed by atoms with Crippen molar-refractivity contribution in [1.29, 1.82) is 0 Å². The Morgan fingerprint density at radius 1 is 1.53 bits per heavy atom. The SMILES string of the molecule is CCCCOn1nc(C)c(C(=O)O)c1C. The minimum atomic E-state index is -0.963. The molecule has 0 fully saturated rings. The van der Waals surface area contributed by atoms with Gasteiger partial charge in [0, 0.05) is 0 Å². The minimum absolute atomic E-state index is 0.228. The summed E-state index contributed by atoms with van der Waals surface area (Å²) in [5.41, 5.74) is 1.25. The molecule has 0 bridgehead atoms. The van der Waals surface area contributed by atoms with Crippen LogP contribution in [0.1, 0.15) is 41.5 Å². The first-order valence-corrected chi connectivity index (χ1v) is 5.00. The van der Waals surface area contributed by atoms with Crippen molar-refractivity contribution in [1.82, 2.24) is 9.94 Å². The number of carboxylic acid groups (broad SMARTS) is 1. The van der Waals surface area contributed by atoms with Gasteiger partial charge in [-0.15, -0.1) is 9.94 Å². The second kappa shape index (κ2) is 4.82. The van der Waals surface area contributed by atoms with Gasteiger partial charge in [0.1, 0.15) is 12.2 Å². The fraction of sp³-hybridized carbons (Fsp3) is 0.600. The summed E-state index contributed by atoms with van der Waals surface area (Å²) in [5, 5.41) is 12.9. The van der Waals surface area contributed by atoms with Gasteiger partial charge in [-0.05, 0) is 20.3 Å². The van der Waals surface area contributed by atoms with Gasteiger partial charge in [-0.25, -0.2) is 4.79 Å². The Kier molecular flexibility index (Phi) is 3.71. The summed E-state index contributed by atoms with van der Waals surface area (Å²) in [6, 6.07) is 0. The van der Waals surface area contributed by atoms with Crippen molar-refractivity contribution in [2.24, 2.45) is 0 Å². The van der Waals surface area contributed by atoms with Crippen LogP contribution < -0.4 is 4.84 Å². The molecule has 15 heavy (non-hydrogen) atoms. The smallest absolute Gasteiger partial charge is 0.339 e. The molecule has 1 aromatic heterocycles. The van der Waals surface area contributed by atoms with E-state index >= 15 is 0 Å². The van der Waals surface area contributed by atoms with Crippen molar-refractivity contribution in [3.8, 4) is 0 Å². The maximum Gasteiger partial charge on any atom is 0.339 e. The van der Waals surface area contributed by atoms with E-state index in [1.165, 1.54) is 4.85 Å². The summed E-state index contributed by atoms with van der Waals surface area (Å²) >= 11 is 0. The molecule has 0 saturated heterocycles. The van der Waals surface area contributed by atoms with Gasteiger partial charge in [-0.1, -0.05) is 13.3 Å². The number of aromatic nitrogens is 2. The van der Waals surface area contributed by atoms with Gasteiger partial charge in [0.05, 0.1) is 11.4 Å². The third-order valence-corrected chi connectivity index (χ3v) is 2.18. The number of carbonyl (C=O) groups is 1. The van der Waals surface area contributed by atoms with Gasteiger partial charge in [0.2, 0.25) is 0 Å². The summed E-state index contributed by atoms with van der Waals surface area (Å²) in [6.45, 7) is 5.97. The van der Waals surface area contributed by atoms with Crippen molar-refractivity contribution in [3.05, 3.63) is 17.0 Å². The highest BCUT2D eigenvalue weighted by Crippen LogP contribution is 2.11. The van der Waals surface area contributed by atoms with E-state index in [2.05, 4.69) is 12.0 Å². The van der Waals surface area contributed by atoms with Crippen LogP contribution in [0.5, 0.6) is 0 Å². The van der Waals surface area contributed by atoms with Crippen molar-refractivity contribution in [2.75, 3.05) is 6.61 Å². The van der Waals surface area contributed by atoms with Crippen LogP contribution >= 0.6 is 0 Å². The number of unbranched alkanes of at least 4 members (excludes halogenated alkanes) is 1. The summed E-state index contributed by atoms with van der Waals surface area (Å²) in [6.07, 6.45) is 1.96. The summed E-state index contributed by atoms with van der Waals surface area (Å²) in [7, 11) is 0. The minimum Gasteiger partial charge on any atom is -0.478 e. The van der Waals surface area contributed by atoms with Gasteiger partial charge >= 0.3 is 5.97 Å². The number of nitrogens with zero attached hydrogens (tertiary/aromatic N) is 2. The summed E-state index contributed by atoms with van der Waals surface area (Å²) < 4.78 is 0. The van der Waals surface area contributed by atoms with Crippen LogP contribution in [0.25, 0.3) is 0 Å². The Morgan fingerprint density at radius 2 is 2.20 bits per heavy atom. The molecule has 0 aliphatic heterocycles. The lowest BCUT2D eigenvalue weighted by atomic mass is 10.2. The average Bonchev–Trinajstić information content (AvgIpc) is 2.42. The number of hydrogen-bond donors (Lipinski definition) is 1. The molecule has 0 amide bonds. The predicted molar refractivity (Wildman–Crippen MR) is 55.0 cm³/mol. The average molecular weight is 212 g/mol. The molecule has 1 N–H and O–H groups in total.